The number of benzene rings is 1. The summed E-state index contributed by atoms with van der Waals surface area (Å²) in [7, 11) is 0. The SMILES string of the molecule is O=C1CCN(C(=O)/C=C/c2ccc(Cl)c(Cl)c2)CCC1CCCC(=O)N1CCC2(CCCO2)CC1. The molecular weight excluding hydrogens is 487 g/mol. The van der Waals surface area contributed by atoms with Crippen LogP contribution in [0, 0.1) is 5.92 Å². The van der Waals surface area contributed by atoms with Crippen LogP contribution in [0.15, 0.2) is 24.3 Å². The van der Waals surface area contributed by atoms with Gasteiger partial charge < -0.3 is 14.5 Å². The van der Waals surface area contributed by atoms with Crippen LogP contribution in [0.5, 0.6) is 0 Å². The monoisotopic (exact) mass is 520 g/mol. The topological polar surface area (TPSA) is 66.9 Å². The molecule has 1 unspecified atom stereocenters. The summed E-state index contributed by atoms with van der Waals surface area (Å²) in [6.45, 7) is 3.36. The molecule has 3 heterocycles. The van der Waals surface area contributed by atoms with Crippen LogP contribution in [0.25, 0.3) is 6.08 Å². The summed E-state index contributed by atoms with van der Waals surface area (Å²) in [4.78, 5) is 41.7. The van der Waals surface area contributed by atoms with Crippen molar-refractivity contribution in [3.8, 4) is 0 Å². The van der Waals surface area contributed by atoms with Crippen molar-refractivity contribution in [2.75, 3.05) is 32.8 Å². The Balaban J connectivity index is 1.20. The maximum absolute atomic E-state index is 12.7. The minimum atomic E-state index is -0.117. The molecule has 190 valence electrons. The molecule has 0 aromatic heterocycles. The Morgan fingerprint density at radius 3 is 2.57 bits per heavy atom. The van der Waals surface area contributed by atoms with Gasteiger partial charge in [-0.15, -0.1) is 0 Å². The smallest absolute Gasteiger partial charge is 0.246 e. The number of carbonyl (C=O) groups is 3. The fourth-order valence-electron chi connectivity index (χ4n) is 5.42. The quantitative estimate of drug-likeness (QED) is 0.486. The first kappa shape index (κ1) is 26.2. The number of amides is 2. The molecule has 2 amide bonds. The summed E-state index contributed by atoms with van der Waals surface area (Å²) >= 11 is 12.0. The summed E-state index contributed by atoms with van der Waals surface area (Å²) in [6, 6.07) is 5.20. The van der Waals surface area contributed by atoms with Gasteiger partial charge in [0.15, 0.2) is 0 Å². The minimum absolute atomic E-state index is 0.0178. The van der Waals surface area contributed by atoms with E-state index in [1.807, 2.05) is 4.90 Å². The second-order valence-corrected chi connectivity index (χ2v) is 10.8. The number of hydrogen-bond donors (Lipinski definition) is 0. The molecule has 3 aliphatic rings. The molecule has 3 aliphatic heterocycles. The summed E-state index contributed by atoms with van der Waals surface area (Å²) in [5.74, 6) is 0.174. The van der Waals surface area contributed by atoms with Gasteiger partial charge in [-0.2, -0.15) is 0 Å². The maximum atomic E-state index is 12.7. The van der Waals surface area contributed by atoms with Crippen molar-refractivity contribution in [2.24, 2.45) is 5.92 Å². The fraction of sp³-hybridized carbons (Fsp3) is 0.593. The molecular formula is C27H34Cl2N2O4. The average molecular weight is 521 g/mol. The lowest BCUT2D eigenvalue weighted by Crippen LogP contribution is -2.46. The Labute approximate surface area is 217 Å². The predicted molar refractivity (Wildman–Crippen MR) is 137 cm³/mol. The molecule has 3 fully saturated rings. The van der Waals surface area contributed by atoms with Crippen LogP contribution in [0.1, 0.15) is 63.4 Å². The van der Waals surface area contributed by atoms with Gasteiger partial charge in [-0.1, -0.05) is 29.3 Å². The Kier molecular flexibility index (Phi) is 8.90. The zero-order valence-corrected chi connectivity index (χ0v) is 21.7. The van der Waals surface area contributed by atoms with Crippen LogP contribution in [-0.4, -0.2) is 65.8 Å². The third kappa shape index (κ3) is 6.87. The molecule has 1 spiro atoms. The molecule has 0 aliphatic carbocycles. The number of hydrogen-bond acceptors (Lipinski definition) is 4. The number of halogens is 2. The second kappa shape index (κ2) is 11.9. The van der Waals surface area contributed by atoms with Crippen LogP contribution < -0.4 is 0 Å². The normalized spacial score (nSPS) is 22.7. The van der Waals surface area contributed by atoms with Crippen molar-refractivity contribution >= 4 is 46.9 Å². The summed E-state index contributed by atoms with van der Waals surface area (Å²) in [5, 5.41) is 0.909. The molecule has 0 N–H and O–H groups in total. The summed E-state index contributed by atoms with van der Waals surface area (Å²) < 4.78 is 5.95. The van der Waals surface area contributed by atoms with Crippen LogP contribution in [-0.2, 0) is 19.1 Å². The number of carbonyl (C=O) groups excluding carboxylic acids is 3. The van der Waals surface area contributed by atoms with Crippen molar-refractivity contribution in [3.63, 3.8) is 0 Å². The van der Waals surface area contributed by atoms with E-state index in [-0.39, 0.29) is 29.1 Å². The summed E-state index contributed by atoms with van der Waals surface area (Å²) in [6.07, 6.45) is 10.2. The van der Waals surface area contributed by atoms with E-state index in [2.05, 4.69) is 0 Å². The highest BCUT2D eigenvalue weighted by atomic mass is 35.5. The molecule has 8 heteroatoms. The molecule has 6 nitrogen and oxygen atoms in total. The third-order valence-corrected chi connectivity index (χ3v) is 8.40. The Bertz CT molecular complexity index is 964. The van der Waals surface area contributed by atoms with Crippen LogP contribution in [0.3, 0.4) is 0 Å². The molecule has 1 atom stereocenters. The van der Waals surface area contributed by atoms with E-state index in [9.17, 15) is 14.4 Å². The first-order valence-electron chi connectivity index (χ1n) is 12.7. The molecule has 4 rings (SSSR count). The standard InChI is InChI=1S/C27H34Cl2N2O4/c28-22-7-5-20(19-23(22)29)6-8-26(34)30-14-9-21(24(32)10-15-30)3-1-4-25(33)31-16-12-27(13-17-31)11-2-18-35-27/h5-8,19,21H,1-4,9-18H2/b8-6+. The van der Waals surface area contributed by atoms with Gasteiger partial charge in [-0.3, -0.25) is 14.4 Å². The van der Waals surface area contributed by atoms with E-state index in [1.165, 1.54) is 6.08 Å². The summed E-state index contributed by atoms with van der Waals surface area (Å²) in [5.41, 5.74) is 0.810. The van der Waals surface area contributed by atoms with Crippen molar-refractivity contribution in [1.29, 1.82) is 0 Å². The van der Waals surface area contributed by atoms with Crippen molar-refractivity contribution < 1.29 is 19.1 Å². The first-order chi connectivity index (χ1) is 16.8. The largest absolute Gasteiger partial charge is 0.375 e. The van der Waals surface area contributed by atoms with Crippen molar-refractivity contribution in [3.05, 3.63) is 39.9 Å². The molecule has 1 aromatic rings. The molecule has 0 saturated carbocycles. The van der Waals surface area contributed by atoms with E-state index < -0.39 is 0 Å². The zero-order valence-electron chi connectivity index (χ0n) is 20.1. The predicted octanol–water partition coefficient (Wildman–Crippen LogP) is 5.16. The van der Waals surface area contributed by atoms with E-state index in [1.54, 1.807) is 29.2 Å². The molecule has 3 saturated heterocycles. The lowest BCUT2D eigenvalue weighted by Gasteiger charge is -2.38. The highest BCUT2D eigenvalue weighted by molar-refractivity contribution is 6.42. The first-order valence-corrected chi connectivity index (χ1v) is 13.5. The minimum Gasteiger partial charge on any atom is -0.375 e. The fourth-order valence-corrected chi connectivity index (χ4v) is 5.73. The lowest BCUT2D eigenvalue weighted by molar-refractivity contribution is -0.136. The molecule has 1 aromatic carbocycles. The Morgan fingerprint density at radius 1 is 1.06 bits per heavy atom. The van der Waals surface area contributed by atoms with E-state index in [0.717, 1.165) is 50.9 Å². The molecule has 0 radical (unpaired) electrons. The third-order valence-electron chi connectivity index (χ3n) is 7.66. The van der Waals surface area contributed by atoms with Gasteiger partial charge in [-0.05, 0) is 68.7 Å². The highest BCUT2D eigenvalue weighted by Crippen LogP contribution is 2.35. The van der Waals surface area contributed by atoms with Gasteiger partial charge >= 0.3 is 0 Å². The van der Waals surface area contributed by atoms with Crippen molar-refractivity contribution in [1.82, 2.24) is 9.80 Å². The number of ether oxygens (including phenoxy) is 1. The number of Topliss-reactive ketones (excluding diaryl/α,β-unsaturated/α-hetero) is 1. The lowest BCUT2D eigenvalue weighted by atomic mass is 9.88. The number of nitrogens with zero attached hydrogens (tertiary/aromatic N) is 2. The number of rotatable bonds is 6. The number of piperidine rings is 1. The van der Waals surface area contributed by atoms with Crippen LogP contribution in [0.2, 0.25) is 10.0 Å². The second-order valence-electron chi connectivity index (χ2n) is 9.94. The Morgan fingerprint density at radius 2 is 1.86 bits per heavy atom. The average Bonchev–Trinajstić information content (AvgIpc) is 3.22. The van der Waals surface area contributed by atoms with E-state index >= 15 is 0 Å². The maximum Gasteiger partial charge on any atom is 0.246 e. The van der Waals surface area contributed by atoms with Crippen molar-refractivity contribution in [2.45, 2.75) is 63.4 Å². The van der Waals surface area contributed by atoms with Gasteiger partial charge in [-0.25, -0.2) is 0 Å². The van der Waals surface area contributed by atoms with Gasteiger partial charge in [0.1, 0.15) is 5.78 Å². The van der Waals surface area contributed by atoms with Crippen LogP contribution in [0.4, 0.5) is 0 Å². The van der Waals surface area contributed by atoms with Gasteiger partial charge in [0.25, 0.3) is 0 Å². The van der Waals surface area contributed by atoms with Crippen LogP contribution >= 0.6 is 23.2 Å². The number of likely N-dealkylation sites (tertiary alicyclic amines) is 2. The Hall–Kier alpha value is -1.89. The van der Waals surface area contributed by atoms with Gasteiger partial charge in [0.2, 0.25) is 11.8 Å². The van der Waals surface area contributed by atoms with Gasteiger partial charge in [0.05, 0.1) is 15.6 Å². The van der Waals surface area contributed by atoms with E-state index in [4.69, 9.17) is 27.9 Å². The van der Waals surface area contributed by atoms with E-state index in [0.29, 0.717) is 55.2 Å². The highest BCUT2D eigenvalue weighted by Gasteiger charge is 2.39. The zero-order chi connectivity index (χ0) is 24.8. The molecule has 35 heavy (non-hydrogen) atoms. The molecule has 0 bridgehead atoms. The van der Waals surface area contributed by atoms with Gasteiger partial charge in [0, 0.05) is 57.6 Å². The number of ketones is 1.